The maximum atomic E-state index is 2.58. The van der Waals surface area contributed by atoms with Gasteiger partial charge in [0.25, 0.3) is 0 Å². The second-order valence-electron chi connectivity index (χ2n) is 6.14. The number of hydrogen-bond acceptors (Lipinski definition) is 2. The largest absolute Gasteiger partial charge is 0.304 e. The van der Waals surface area contributed by atoms with Crippen molar-refractivity contribution < 1.29 is 0 Å². The van der Waals surface area contributed by atoms with Crippen LogP contribution in [0.3, 0.4) is 0 Å². The lowest BCUT2D eigenvalue weighted by atomic mass is 10.0. The molecule has 1 fully saturated rings. The molecule has 2 aromatic rings. The first-order valence-corrected chi connectivity index (χ1v) is 7.79. The van der Waals surface area contributed by atoms with Crippen molar-refractivity contribution in [3.63, 3.8) is 0 Å². The normalized spacial score (nSPS) is 20.6. The lowest BCUT2D eigenvalue weighted by molar-refractivity contribution is 0.0938. The molecular formula is C19H24N2. The Morgan fingerprint density at radius 3 is 2.24 bits per heavy atom. The number of piperazine rings is 1. The molecule has 0 aliphatic carbocycles. The predicted octanol–water partition coefficient (Wildman–Crippen LogP) is 3.49. The molecule has 2 nitrogen and oxygen atoms in total. The Balaban J connectivity index is 1.67. The number of benzene rings is 2. The molecule has 2 aromatic carbocycles. The van der Waals surface area contributed by atoms with Gasteiger partial charge in [0, 0.05) is 32.2 Å². The van der Waals surface area contributed by atoms with Gasteiger partial charge in [0.1, 0.15) is 0 Å². The maximum Gasteiger partial charge on any atom is 0.0237 e. The van der Waals surface area contributed by atoms with Gasteiger partial charge in [-0.3, -0.25) is 4.90 Å². The third-order valence-corrected chi connectivity index (χ3v) is 4.41. The van der Waals surface area contributed by atoms with Crippen LogP contribution in [-0.4, -0.2) is 42.5 Å². The second kappa shape index (κ2) is 6.42. The fourth-order valence-corrected chi connectivity index (χ4v) is 3.08. The molecule has 0 saturated carbocycles. The highest BCUT2D eigenvalue weighted by molar-refractivity contribution is 5.63. The van der Waals surface area contributed by atoms with Crippen molar-refractivity contribution in [2.24, 2.45) is 0 Å². The highest BCUT2D eigenvalue weighted by Gasteiger charge is 2.21. The summed E-state index contributed by atoms with van der Waals surface area (Å²) < 4.78 is 0. The Bertz CT molecular complexity index is 562. The summed E-state index contributed by atoms with van der Waals surface area (Å²) >= 11 is 0. The van der Waals surface area contributed by atoms with Crippen molar-refractivity contribution >= 4 is 0 Å². The van der Waals surface area contributed by atoms with Crippen molar-refractivity contribution in [1.29, 1.82) is 0 Å². The first kappa shape index (κ1) is 14.3. The van der Waals surface area contributed by atoms with Crippen LogP contribution in [0.4, 0.5) is 0 Å². The fraction of sp³-hybridized carbons (Fsp3) is 0.368. The van der Waals surface area contributed by atoms with Crippen molar-refractivity contribution in [3.05, 3.63) is 60.2 Å². The molecule has 0 unspecified atom stereocenters. The van der Waals surface area contributed by atoms with E-state index in [2.05, 4.69) is 78.4 Å². The van der Waals surface area contributed by atoms with Gasteiger partial charge in [0.15, 0.2) is 0 Å². The second-order valence-corrected chi connectivity index (χ2v) is 6.14. The van der Waals surface area contributed by atoms with E-state index >= 15 is 0 Å². The average Bonchev–Trinajstić information content (AvgIpc) is 2.52. The molecule has 3 rings (SSSR count). The summed E-state index contributed by atoms with van der Waals surface area (Å²) in [6.45, 7) is 6.89. The Labute approximate surface area is 128 Å². The molecule has 0 bridgehead atoms. The molecule has 0 aromatic heterocycles. The van der Waals surface area contributed by atoms with E-state index in [9.17, 15) is 0 Å². The van der Waals surface area contributed by atoms with Crippen molar-refractivity contribution in [2.75, 3.05) is 26.7 Å². The van der Waals surface area contributed by atoms with Crippen LogP contribution in [-0.2, 0) is 6.54 Å². The van der Waals surface area contributed by atoms with Gasteiger partial charge in [-0.2, -0.15) is 0 Å². The summed E-state index contributed by atoms with van der Waals surface area (Å²) in [7, 11) is 2.21. The topological polar surface area (TPSA) is 6.48 Å². The number of hydrogen-bond donors (Lipinski definition) is 0. The summed E-state index contributed by atoms with van der Waals surface area (Å²) in [5.74, 6) is 0. The van der Waals surface area contributed by atoms with Crippen molar-refractivity contribution in [2.45, 2.75) is 19.5 Å². The Kier molecular flexibility index (Phi) is 4.37. The quantitative estimate of drug-likeness (QED) is 0.849. The van der Waals surface area contributed by atoms with E-state index in [1.54, 1.807) is 0 Å². The van der Waals surface area contributed by atoms with E-state index in [0.29, 0.717) is 6.04 Å². The minimum atomic E-state index is 0.637. The fourth-order valence-electron chi connectivity index (χ4n) is 3.08. The van der Waals surface area contributed by atoms with Crippen LogP contribution in [0.2, 0.25) is 0 Å². The first-order valence-electron chi connectivity index (χ1n) is 7.79. The smallest absolute Gasteiger partial charge is 0.0237 e. The molecule has 0 amide bonds. The predicted molar refractivity (Wildman–Crippen MR) is 89.2 cm³/mol. The minimum Gasteiger partial charge on any atom is -0.304 e. The van der Waals surface area contributed by atoms with Crippen LogP contribution >= 0.6 is 0 Å². The number of rotatable bonds is 3. The number of likely N-dealkylation sites (N-methyl/N-ethyl adjacent to an activating group) is 1. The van der Waals surface area contributed by atoms with E-state index in [0.717, 1.165) is 13.1 Å². The molecule has 1 aliphatic heterocycles. The van der Waals surface area contributed by atoms with E-state index in [4.69, 9.17) is 0 Å². The zero-order chi connectivity index (χ0) is 14.7. The minimum absolute atomic E-state index is 0.637. The highest BCUT2D eigenvalue weighted by atomic mass is 15.3. The van der Waals surface area contributed by atoms with Crippen LogP contribution in [0, 0.1) is 0 Å². The third kappa shape index (κ3) is 3.52. The maximum absolute atomic E-state index is 2.58. The van der Waals surface area contributed by atoms with Gasteiger partial charge >= 0.3 is 0 Å². The summed E-state index contributed by atoms with van der Waals surface area (Å²) in [5, 5.41) is 0. The zero-order valence-corrected chi connectivity index (χ0v) is 13.0. The molecule has 0 N–H and O–H groups in total. The van der Waals surface area contributed by atoms with Gasteiger partial charge in [-0.15, -0.1) is 0 Å². The molecule has 1 atom stereocenters. The third-order valence-electron chi connectivity index (χ3n) is 4.41. The Hall–Kier alpha value is -1.64. The molecule has 1 saturated heterocycles. The Morgan fingerprint density at radius 2 is 1.57 bits per heavy atom. The van der Waals surface area contributed by atoms with Crippen LogP contribution in [0.1, 0.15) is 12.5 Å². The van der Waals surface area contributed by atoms with Gasteiger partial charge in [-0.1, -0.05) is 54.6 Å². The van der Waals surface area contributed by atoms with E-state index < -0.39 is 0 Å². The van der Waals surface area contributed by atoms with Gasteiger partial charge in [-0.25, -0.2) is 0 Å². The average molecular weight is 280 g/mol. The van der Waals surface area contributed by atoms with Crippen LogP contribution < -0.4 is 0 Å². The highest BCUT2D eigenvalue weighted by Crippen LogP contribution is 2.20. The molecule has 0 radical (unpaired) electrons. The van der Waals surface area contributed by atoms with Gasteiger partial charge in [0.05, 0.1) is 0 Å². The van der Waals surface area contributed by atoms with Crippen LogP contribution in [0.5, 0.6) is 0 Å². The van der Waals surface area contributed by atoms with E-state index in [-0.39, 0.29) is 0 Å². The monoisotopic (exact) mass is 280 g/mol. The standard InChI is InChI=1S/C19H24N2/c1-16-14-20(2)12-13-21(16)15-17-8-10-19(11-9-17)18-6-4-3-5-7-18/h3-11,16H,12-15H2,1-2H3/t16-/m1/s1. The molecule has 2 heteroatoms. The molecule has 21 heavy (non-hydrogen) atoms. The molecule has 110 valence electrons. The summed E-state index contributed by atoms with van der Waals surface area (Å²) in [6, 6.07) is 20.2. The van der Waals surface area contributed by atoms with Crippen LogP contribution in [0.15, 0.2) is 54.6 Å². The van der Waals surface area contributed by atoms with Gasteiger partial charge in [-0.05, 0) is 30.7 Å². The summed E-state index contributed by atoms with van der Waals surface area (Å²) in [4.78, 5) is 5.00. The van der Waals surface area contributed by atoms with Crippen molar-refractivity contribution in [1.82, 2.24) is 9.80 Å². The van der Waals surface area contributed by atoms with Gasteiger partial charge in [0.2, 0.25) is 0 Å². The lowest BCUT2D eigenvalue weighted by Crippen LogP contribution is -2.49. The number of nitrogens with zero attached hydrogens (tertiary/aromatic N) is 2. The lowest BCUT2D eigenvalue weighted by Gasteiger charge is -2.38. The summed E-state index contributed by atoms with van der Waals surface area (Å²) in [6.07, 6.45) is 0. The Morgan fingerprint density at radius 1 is 0.905 bits per heavy atom. The van der Waals surface area contributed by atoms with Crippen LogP contribution in [0.25, 0.3) is 11.1 Å². The van der Waals surface area contributed by atoms with E-state index in [1.165, 1.54) is 29.8 Å². The SMILES string of the molecule is C[C@@H]1CN(C)CCN1Cc1ccc(-c2ccccc2)cc1. The molecule has 1 aliphatic rings. The first-order chi connectivity index (χ1) is 10.2. The molecule has 1 heterocycles. The van der Waals surface area contributed by atoms with Gasteiger partial charge < -0.3 is 4.90 Å². The van der Waals surface area contributed by atoms with Crippen molar-refractivity contribution in [3.8, 4) is 11.1 Å². The summed E-state index contributed by atoms with van der Waals surface area (Å²) in [5.41, 5.74) is 3.99. The van der Waals surface area contributed by atoms with E-state index in [1.807, 2.05) is 0 Å². The molecular weight excluding hydrogens is 256 g/mol. The molecule has 0 spiro atoms. The zero-order valence-electron chi connectivity index (χ0n) is 13.0.